The van der Waals surface area contributed by atoms with Gasteiger partial charge < -0.3 is 10.1 Å². The number of fused-ring (bicyclic) bond motifs is 1. The summed E-state index contributed by atoms with van der Waals surface area (Å²) in [5, 5.41) is 4.34. The third-order valence-corrected chi connectivity index (χ3v) is 4.91. The fourth-order valence-electron chi connectivity index (χ4n) is 2.57. The van der Waals surface area contributed by atoms with Crippen molar-refractivity contribution in [2.75, 3.05) is 17.3 Å². The van der Waals surface area contributed by atoms with Gasteiger partial charge in [-0.2, -0.15) is 0 Å². The van der Waals surface area contributed by atoms with Gasteiger partial charge in [-0.05, 0) is 24.3 Å². The summed E-state index contributed by atoms with van der Waals surface area (Å²) in [5.41, 5.74) is 0.368. The zero-order valence-electron chi connectivity index (χ0n) is 14.4. The maximum absolute atomic E-state index is 14.3. The topological polar surface area (TPSA) is 68.3 Å². The molecule has 2 aromatic carbocycles. The molecule has 0 aliphatic heterocycles. The minimum atomic E-state index is -1.29. The zero-order chi connectivity index (χ0) is 19.4. The van der Waals surface area contributed by atoms with Crippen molar-refractivity contribution in [3.63, 3.8) is 0 Å². The van der Waals surface area contributed by atoms with Gasteiger partial charge >= 0.3 is 0 Å². The lowest BCUT2D eigenvalue weighted by Gasteiger charge is -2.14. The molecule has 0 radical (unpaired) electrons. The molecule has 1 aromatic heterocycles. The fourth-order valence-corrected chi connectivity index (χ4v) is 3.26. The smallest absolute Gasteiger partial charge is 0.237 e. The monoisotopic (exact) mass is 406 g/mol. The Hall–Kier alpha value is -2.51. The van der Waals surface area contributed by atoms with Crippen molar-refractivity contribution >= 4 is 44.8 Å². The van der Waals surface area contributed by atoms with E-state index in [1.807, 2.05) is 18.2 Å². The number of benzene rings is 2. The van der Waals surface area contributed by atoms with Crippen molar-refractivity contribution in [3.8, 4) is 5.75 Å². The summed E-state index contributed by atoms with van der Waals surface area (Å²) in [6.45, 7) is -0.116. The number of pyridine rings is 1. The third kappa shape index (κ3) is 4.61. The highest BCUT2D eigenvalue weighted by molar-refractivity contribution is 7.85. The van der Waals surface area contributed by atoms with Crippen LogP contribution in [-0.2, 0) is 22.2 Å². The molecule has 1 heterocycles. The second kappa shape index (κ2) is 8.45. The molecule has 8 heteroatoms. The Labute approximate surface area is 163 Å². The number of nitrogens with one attached hydrogen (secondary N) is 1. The van der Waals surface area contributed by atoms with E-state index in [-0.39, 0.29) is 28.6 Å². The molecule has 0 saturated heterocycles. The van der Waals surface area contributed by atoms with Crippen LogP contribution in [0.15, 0.2) is 48.8 Å². The van der Waals surface area contributed by atoms with Gasteiger partial charge in [-0.3, -0.25) is 14.0 Å². The maximum atomic E-state index is 14.3. The quantitative estimate of drug-likeness (QED) is 0.673. The van der Waals surface area contributed by atoms with Crippen molar-refractivity contribution in [3.05, 3.63) is 65.2 Å². The molecule has 1 unspecified atom stereocenters. The molecule has 1 atom stereocenters. The van der Waals surface area contributed by atoms with Crippen LogP contribution in [0.25, 0.3) is 10.8 Å². The number of amides is 1. The van der Waals surface area contributed by atoms with E-state index in [1.165, 1.54) is 18.4 Å². The minimum absolute atomic E-state index is 0.0483. The molecule has 0 saturated carbocycles. The van der Waals surface area contributed by atoms with Crippen LogP contribution in [0.4, 0.5) is 10.1 Å². The van der Waals surface area contributed by atoms with Crippen LogP contribution in [-0.4, -0.2) is 27.1 Å². The van der Waals surface area contributed by atoms with E-state index in [0.717, 1.165) is 10.8 Å². The number of hydrogen-bond donors (Lipinski definition) is 1. The minimum Gasteiger partial charge on any atom is -0.488 e. The van der Waals surface area contributed by atoms with Crippen molar-refractivity contribution in [2.45, 2.75) is 6.61 Å². The SMILES string of the molecule is CS(=O)CC(=O)Nc1ccc(F)c(COc2cccc3cnccc23)c1Cl. The van der Waals surface area contributed by atoms with E-state index in [1.54, 1.807) is 18.5 Å². The molecule has 5 nitrogen and oxygen atoms in total. The van der Waals surface area contributed by atoms with Gasteiger partial charge in [0, 0.05) is 45.8 Å². The van der Waals surface area contributed by atoms with Gasteiger partial charge in [-0.15, -0.1) is 0 Å². The Morgan fingerprint density at radius 1 is 1.30 bits per heavy atom. The molecule has 0 fully saturated rings. The highest BCUT2D eigenvalue weighted by Gasteiger charge is 2.15. The first-order chi connectivity index (χ1) is 13.0. The average Bonchev–Trinajstić information content (AvgIpc) is 2.63. The van der Waals surface area contributed by atoms with Crippen molar-refractivity contribution in [2.24, 2.45) is 0 Å². The summed E-state index contributed by atoms with van der Waals surface area (Å²) in [6, 6.07) is 9.87. The number of anilines is 1. The molecule has 0 aliphatic rings. The van der Waals surface area contributed by atoms with E-state index in [4.69, 9.17) is 16.3 Å². The molecule has 1 N–H and O–H groups in total. The largest absolute Gasteiger partial charge is 0.488 e. The average molecular weight is 407 g/mol. The van der Waals surface area contributed by atoms with Gasteiger partial charge in [0.05, 0.1) is 10.7 Å². The molecular weight excluding hydrogens is 391 g/mol. The molecule has 0 bridgehead atoms. The van der Waals surface area contributed by atoms with Crippen LogP contribution in [0.2, 0.25) is 5.02 Å². The lowest BCUT2D eigenvalue weighted by molar-refractivity contribution is -0.113. The Morgan fingerprint density at radius 2 is 2.11 bits per heavy atom. The van der Waals surface area contributed by atoms with Gasteiger partial charge in [-0.1, -0.05) is 23.7 Å². The summed E-state index contributed by atoms with van der Waals surface area (Å²) in [5.74, 6) is -0.596. The maximum Gasteiger partial charge on any atom is 0.237 e. The van der Waals surface area contributed by atoms with Crippen LogP contribution < -0.4 is 10.1 Å². The second-order valence-electron chi connectivity index (χ2n) is 5.79. The number of halogens is 2. The number of carbonyl (C=O) groups is 1. The van der Waals surface area contributed by atoms with Crippen LogP contribution in [0.5, 0.6) is 5.75 Å². The van der Waals surface area contributed by atoms with Gasteiger partial charge in [-0.25, -0.2) is 4.39 Å². The van der Waals surface area contributed by atoms with Gasteiger partial charge in [0.2, 0.25) is 5.91 Å². The molecule has 0 aliphatic carbocycles. The van der Waals surface area contributed by atoms with E-state index in [0.29, 0.717) is 5.75 Å². The van der Waals surface area contributed by atoms with E-state index in [9.17, 15) is 13.4 Å². The molecule has 140 valence electrons. The Balaban J connectivity index is 1.83. The summed E-state index contributed by atoms with van der Waals surface area (Å²) in [4.78, 5) is 15.9. The number of ether oxygens (including phenoxy) is 1. The first-order valence-corrected chi connectivity index (χ1v) is 10.1. The van der Waals surface area contributed by atoms with Crippen LogP contribution >= 0.6 is 11.6 Å². The highest BCUT2D eigenvalue weighted by Crippen LogP contribution is 2.31. The first kappa shape index (κ1) is 19.3. The molecule has 3 rings (SSSR count). The number of carbonyl (C=O) groups excluding carboxylic acids is 1. The number of hydrogen-bond acceptors (Lipinski definition) is 4. The second-order valence-corrected chi connectivity index (χ2v) is 7.61. The lowest BCUT2D eigenvalue weighted by Crippen LogP contribution is -2.19. The highest BCUT2D eigenvalue weighted by atomic mass is 35.5. The lowest BCUT2D eigenvalue weighted by atomic mass is 10.1. The van der Waals surface area contributed by atoms with Gasteiger partial charge in [0.25, 0.3) is 0 Å². The van der Waals surface area contributed by atoms with Crippen molar-refractivity contribution in [1.82, 2.24) is 4.98 Å². The number of rotatable bonds is 6. The summed E-state index contributed by atoms with van der Waals surface area (Å²) >= 11 is 6.26. The Bertz CT molecular complexity index is 1020. The summed E-state index contributed by atoms with van der Waals surface area (Å²) < 4.78 is 31.2. The molecular formula is C19H16ClFN2O3S. The first-order valence-electron chi connectivity index (χ1n) is 7.98. The summed E-state index contributed by atoms with van der Waals surface area (Å²) in [7, 11) is -1.29. The normalized spacial score (nSPS) is 12.0. The Morgan fingerprint density at radius 3 is 2.89 bits per heavy atom. The van der Waals surface area contributed by atoms with Crippen molar-refractivity contribution in [1.29, 1.82) is 0 Å². The van der Waals surface area contributed by atoms with E-state index >= 15 is 0 Å². The molecule has 0 spiro atoms. The predicted molar refractivity (Wildman–Crippen MR) is 105 cm³/mol. The predicted octanol–water partition coefficient (Wildman–Crippen LogP) is 3.92. The van der Waals surface area contributed by atoms with Crippen LogP contribution in [0.1, 0.15) is 5.56 Å². The van der Waals surface area contributed by atoms with E-state index < -0.39 is 22.5 Å². The van der Waals surface area contributed by atoms with Crippen LogP contribution in [0, 0.1) is 5.82 Å². The van der Waals surface area contributed by atoms with Gasteiger partial charge in [0.15, 0.2) is 0 Å². The van der Waals surface area contributed by atoms with Gasteiger partial charge in [0.1, 0.15) is 23.9 Å². The molecule has 27 heavy (non-hydrogen) atoms. The number of nitrogens with zero attached hydrogens (tertiary/aromatic N) is 1. The number of aromatic nitrogens is 1. The zero-order valence-corrected chi connectivity index (χ0v) is 15.9. The Kier molecular flexibility index (Phi) is 6.03. The van der Waals surface area contributed by atoms with E-state index in [2.05, 4.69) is 10.3 Å². The third-order valence-electron chi connectivity index (χ3n) is 3.81. The van der Waals surface area contributed by atoms with Crippen molar-refractivity contribution < 1.29 is 18.1 Å². The summed E-state index contributed by atoms with van der Waals surface area (Å²) in [6.07, 6.45) is 4.78. The van der Waals surface area contributed by atoms with Crippen LogP contribution in [0.3, 0.4) is 0 Å². The molecule has 3 aromatic rings. The molecule has 1 amide bonds. The fraction of sp³-hybridized carbons (Fsp3) is 0.158. The standard InChI is InChI=1S/C19H16ClFN2O3S/c1-27(25)11-18(24)23-16-6-5-15(21)14(19(16)20)10-26-17-4-2-3-12-9-22-8-7-13(12)17/h2-9H,10-11H2,1H3,(H,23,24).